The number of carboxylic acid groups (broad SMARTS) is 1. The van der Waals surface area contributed by atoms with Crippen molar-refractivity contribution in [2.45, 2.75) is 57.5 Å². The standard InChI is InChI=1S/C32H39N3O6/c1-34(2)30(40)41-25-11-9-21(10-12-25)14-26(27(36)37)33-28(38)31-15-23-13-24(16-31)18-32(17-23,20-31)29(39)35(3)19-22-7-5-4-6-8-22/h4-12,23-24,26H,13-20H2,1-3H3,(H,33,38)(H,36,37)/t23?,24?,26-,31?,32?/m0/s1. The molecule has 0 radical (unpaired) electrons. The van der Waals surface area contributed by atoms with E-state index in [0.717, 1.165) is 24.8 Å². The van der Waals surface area contributed by atoms with Crippen LogP contribution in [0, 0.1) is 22.7 Å². The number of amides is 3. The molecule has 0 spiro atoms. The Hall–Kier alpha value is -3.88. The van der Waals surface area contributed by atoms with Crippen LogP contribution in [0.25, 0.3) is 0 Å². The van der Waals surface area contributed by atoms with Gasteiger partial charge >= 0.3 is 12.1 Å². The zero-order valence-corrected chi connectivity index (χ0v) is 24.0. The SMILES string of the molecule is CN(C)C(=O)Oc1ccc(C[C@H](NC(=O)C23CC4CC(C2)CC(C(=O)N(C)Cc2ccccc2)(C4)C3)C(=O)O)cc1. The van der Waals surface area contributed by atoms with Crippen molar-refractivity contribution in [3.63, 3.8) is 0 Å². The Morgan fingerprint density at radius 1 is 0.902 bits per heavy atom. The Morgan fingerprint density at radius 2 is 1.51 bits per heavy atom. The lowest BCUT2D eigenvalue weighted by atomic mass is 9.43. The van der Waals surface area contributed by atoms with E-state index in [0.29, 0.717) is 37.1 Å². The molecule has 3 atom stereocenters. The van der Waals surface area contributed by atoms with Gasteiger partial charge in [-0.2, -0.15) is 0 Å². The highest BCUT2D eigenvalue weighted by Gasteiger charge is 2.63. The van der Waals surface area contributed by atoms with E-state index in [-0.39, 0.29) is 30.1 Å². The number of ether oxygens (including phenoxy) is 1. The Balaban J connectivity index is 1.28. The second-order valence-electron chi connectivity index (χ2n) is 12.6. The molecule has 41 heavy (non-hydrogen) atoms. The van der Waals surface area contributed by atoms with Crippen molar-refractivity contribution in [1.82, 2.24) is 15.1 Å². The van der Waals surface area contributed by atoms with E-state index in [1.54, 1.807) is 43.3 Å². The molecule has 4 saturated carbocycles. The fourth-order valence-electron chi connectivity index (χ4n) is 7.75. The van der Waals surface area contributed by atoms with E-state index < -0.39 is 28.9 Å². The van der Waals surface area contributed by atoms with Crippen LogP contribution in [-0.4, -0.2) is 66.0 Å². The summed E-state index contributed by atoms with van der Waals surface area (Å²) in [6.45, 7) is 0.518. The highest BCUT2D eigenvalue weighted by atomic mass is 16.6. The van der Waals surface area contributed by atoms with Crippen LogP contribution in [0.15, 0.2) is 54.6 Å². The summed E-state index contributed by atoms with van der Waals surface area (Å²) in [7, 11) is 5.01. The van der Waals surface area contributed by atoms with Crippen molar-refractivity contribution < 1.29 is 29.0 Å². The fourth-order valence-corrected chi connectivity index (χ4v) is 7.75. The van der Waals surface area contributed by atoms with Crippen LogP contribution in [0.1, 0.15) is 49.7 Å². The van der Waals surface area contributed by atoms with Crippen molar-refractivity contribution in [1.29, 1.82) is 0 Å². The molecule has 2 N–H and O–H groups in total. The van der Waals surface area contributed by atoms with Gasteiger partial charge in [-0.05, 0) is 73.6 Å². The molecule has 2 aromatic rings. The number of carbonyl (C=O) groups excluding carboxylic acids is 3. The average Bonchev–Trinajstić information content (AvgIpc) is 2.92. The maximum Gasteiger partial charge on any atom is 0.414 e. The lowest BCUT2D eigenvalue weighted by Gasteiger charge is -2.61. The third-order valence-corrected chi connectivity index (χ3v) is 9.14. The highest BCUT2D eigenvalue weighted by Crippen LogP contribution is 2.65. The summed E-state index contributed by atoms with van der Waals surface area (Å²) in [5, 5.41) is 12.9. The van der Waals surface area contributed by atoms with Gasteiger partial charge in [0.25, 0.3) is 0 Å². The Morgan fingerprint density at radius 3 is 2.10 bits per heavy atom. The second kappa shape index (κ2) is 11.2. The first-order valence-electron chi connectivity index (χ1n) is 14.3. The number of carbonyl (C=O) groups is 4. The summed E-state index contributed by atoms with van der Waals surface area (Å²) in [6.07, 6.45) is 4.07. The first-order chi connectivity index (χ1) is 19.5. The Kier molecular flexibility index (Phi) is 7.81. The summed E-state index contributed by atoms with van der Waals surface area (Å²) < 4.78 is 5.23. The lowest BCUT2D eigenvalue weighted by molar-refractivity contribution is -0.174. The molecule has 0 heterocycles. The van der Waals surface area contributed by atoms with Crippen molar-refractivity contribution >= 4 is 23.9 Å². The van der Waals surface area contributed by atoms with Gasteiger partial charge in [-0.3, -0.25) is 9.59 Å². The van der Waals surface area contributed by atoms with E-state index in [1.165, 1.54) is 4.90 Å². The molecule has 2 unspecified atom stereocenters. The van der Waals surface area contributed by atoms with Gasteiger partial charge in [-0.25, -0.2) is 9.59 Å². The summed E-state index contributed by atoms with van der Waals surface area (Å²) in [5.74, 6) is -0.340. The van der Waals surface area contributed by atoms with Gasteiger partial charge < -0.3 is 25.0 Å². The lowest BCUT2D eigenvalue weighted by Crippen LogP contribution is -2.62. The van der Waals surface area contributed by atoms with E-state index in [9.17, 15) is 24.3 Å². The zero-order valence-electron chi connectivity index (χ0n) is 24.0. The predicted octanol–water partition coefficient (Wildman–Crippen LogP) is 4.10. The van der Waals surface area contributed by atoms with Gasteiger partial charge in [0.05, 0.1) is 10.8 Å². The van der Waals surface area contributed by atoms with Crippen LogP contribution in [0.3, 0.4) is 0 Å². The Bertz CT molecular complexity index is 1290. The van der Waals surface area contributed by atoms with Gasteiger partial charge in [0.1, 0.15) is 11.8 Å². The zero-order chi connectivity index (χ0) is 29.4. The summed E-state index contributed by atoms with van der Waals surface area (Å²) >= 11 is 0. The predicted molar refractivity (Wildman–Crippen MR) is 152 cm³/mol. The van der Waals surface area contributed by atoms with Gasteiger partial charge in [0.15, 0.2) is 0 Å². The Labute approximate surface area is 240 Å². The molecule has 218 valence electrons. The summed E-state index contributed by atoms with van der Waals surface area (Å²) in [6, 6.07) is 15.4. The third-order valence-electron chi connectivity index (χ3n) is 9.14. The second-order valence-corrected chi connectivity index (χ2v) is 12.6. The number of carboxylic acids is 1. The first-order valence-corrected chi connectivity index (χ1v) is 14.3. The van der Waals surface area contributed by atoms with Crippen LogP contribution in [0.5, 0.6) is 5.75 Å². The molecule has 4 aliphatic carbocycles. The molecular formula is C32H39N3O6. The first kappa shape index (κ1) is 28.6. The van der Waals surface area contributed by atoms with Crippen LogP contribution < -0.4 is 10.1 Å². The quantitative estimate of drug-likeness (QED) is 0.476. The van der Waals surface area contributed by atoms with Crippen LogP contribution in [0.4, 0.5) is 4.79 Å². The smallest absolute Gasteiger partial charge is 0.414 e. The molecule has 3 amide bonds. The number of rotatable bonds is 9. The molecule has 2 aromatic carbocycles. The maximum atomic E-state index is 13.9. The molecule has 4 fully saturated rings. The molecule has 4 bridgehead atoms. The normalized spacial score (nSPS) is 26.6. The number of aliphatic carboxylic acids is 1. The topological polar surface area (TPSA) is 116 Å². The largest absolute Gasteiger partial charge is 0.480 e. The summed E-state index contributed by atoms with van der Waals surface area (Å²) in [4.78, 5) is 55.0. The molecule has 4 aliphatic rings. The molecule has 0 aromatic heterocycles. The summed E-state index contributed by atoms with van der Waals surface area (Å²) in [5.41, 5.74) is 0.449. The molecule has 6 rings (SSSR count). The van der Waals surface area contributed by atoms with Crippen molar-refractivity contribution in [2.24, 2.45) is 22.7 Å². The van der Waals surface area contributed by atoms with E-state index >= 15 is 0 Å². The number of nitrogens with one attached hydrogen (secondary N) is 1. The minimum absolute atomic E-state index is 0.0931. The minimum Gasteiger partial charge on any atom is -0.480 e. The number of hydrogen-bond acceptors (Lipinski definition) is 5. The van der Waals surface area contributed by atoms with E-state index in [1.807, 2.05) is 37.4 Å². The number of hydrogen-bond donors (Lipinski definition) is 2. The van der Waals surface area contributed by atoms with Gasteiger partial charge in [-0.15, -0.1) is 0 Å². The van der Waals surface area contributed by atoms with Gasteiger partial charge in [0, 0.05) is 34.1 Å². The highest BCUT2D eigenvalue weighted by molar-refractivity contribution is 5.90. The average molecular weight is 562 g/mol. The van der Waals surface area contributed by atoms with Crippen LogP contribution in [0.2, 0.25) is 0 Å². The minimum atomic E-state index is -1.11. The van der Waals surface area contributed by atoms with Gasteiger partial charge in [-0.1, -0.05) is 42.5 Å². The fraction of sp³-hybridized carbons (Fsp3) is 0.500. The van der Waals surface area contributed by atoms with E-state index in [2.05, 4.69) is 5.32 Å². The van der Waals surface area contributed by atoms with Crippen molar-refractivity contribution in [3.8, 4) is 5.75 Å². The molecular weight excluding hydrogens is 522 g/mol. The monoisotopic (exact) mass is 561 g/mol. The van der Waals surface area contributed by atoms with Crippen LogP contribution in [-0.2, 0) is 27.3 Å². The van der Waals surface area contributed by atoms with Gasteiger partial charge in [0.2, 0.25) is 11.8 Å². The number of benzene rings is 2. The molecule has 9 heteroatoms. The maximum absolute atomic E-state index is 13.9. The van der Waals surface area contributed by atoms with Crippen molar-refractivity contribution in [2.75, 3.05) is 21.1 Å². The molecule has 9 nitrogen and oxygen atoms in total. The number of nitrogens with zero attached hydrogens (tertiary/aromatic N) is 2. The molecule has 0 saturated heterocycles. The molecule has 0 aliphatic heterocycles. The third kappa shape index (κ3) is 5.94. The van der Waals surface area contributed by atoms with E-state index in [4.69, 9.17) is 4.74 Å². The van der Waals surface area contributed by atoms with Crippen molar-refractivity contribution in [3.05, 3.63) is 65.7 Å². The van der Waals surface area contributed by atoms with Crippen LogP contribution >= 0.6 is 0 Å².